The summed E-state index contributed by atoms with van der Waals surface area (Å²) in [6.07, 6.45) is 2.39. The molecule has 24 heavy (non-hydrogen) atoms. The highest BCUT2D eigenvalue weighted by molar-refractivity contribution is 7.89. The van der Waals surface area contributed by atoms with Crippen molar-refractivity contribution in [2.45, 2.75) is 30.2 Å². The molecule has 1 unspecified atom stereocenters. The monoisotopic (exact) mass is 356 g/mol. The minimum absolute atomic E-state index is 0.0719. The molecule has 0 N–H and O–H groups in total. The predicted molar refractivity (Wildman–Crippen MR) is 85.5 cm³/mol. The van der Waals surface area contributed by atoms with Crippen LogP contribution in [0.25, 0.3) is 0 Å². The second-order valence-corrected chi connectivity index (χ2v) is 7.99. The lowest BCUT2D eigenvalue weighted by atomic mass is 10.1. The van der Waals surface area contributed by atoms with Gasteiger partial charge in [-0.05, 0) is 37.3 Å². The van der Waals surface area contributed by atoms with Crippen LogP contribution in [0.5, 0.6) is 5.75 Å². The van der Waals surface area contributed by atoms with Gasteiger partial charge < -0.3 is 9.47 Å². The number of nitro groups is 1. The zero-order valence-corrected chi connectivity index (χ0v) is 14.2. The summed E-state index contributed by atoms with van der Waals surface area (Å²) in [7, 11) is -2.57. The van der Waals surface area contributed by atoms with Gasteiger partial charge in [-0.1, -0.05) is 0 Å². The third kappa shape index (κ3) is 3.38. The first-order valence-electron chi connectivity index (χ1n) is 7.85. The summed E-state index contributed by atoms with van der Waals surface area (Å²) in [5.74, 6) is 0.389. The Kier molecular flexibility index (Phi) is 4.75. The van der Waals surface area contributed by atoms with E-state index in [1.165, 1.54) is 23.5 Å². The molecule has 1 heterocycles. The summed E-state index contributed by atoms with van der Waals surface area (Å²) in [5, 5.41) is 11.3. The van der Waals surface area contributed by atoms with E-state index in [-0.39, 0.29) is 22.6 Å². The maximum absolute atomic E-state index is 13.1. The van der Waals surface area contributed by atoms with Crippen molar-refractivity contribution in [3.05, 3.63) is 28.3 Å². The smallest absolute Gasteiger partial charge is 0.293 e. The van der Waals surface area contributed by atoms with Gasteiger partial charge in [0, 0.05) is 19.2 Å². The Labute approximate surface area is 140 Å². The Balaban J connectivity index is 1.96. The van der Waals surface area contributed by atoms with Gasteiger partial charge in [-0.15, -0.1) is 0 Å². The first-order valence-corrected chi connectivity index (χ1v) is 9.29. The van der Waals surface area contributed by atoms with Crippen molar-refractivity contribution in [3.8, 4) is 5.75 Å². The minimum Gasteiger partial charge on any atom is -0.497 e. The molecule has 0 radical (unpaired) electrons. The molecule has 2 fully saturated rings. The van der Waals surface area contributed by atoms with Crippen LogP contribution in [-0.4, -0.2) is 50.6 Å². The average Bonchev–Trinajstić information content (AvgIpc) is 3.27. The van der Waals surface area contributed by atoms with Crippen molar-refractivity contribution in [3.63, 3.8) is 0 Å². The summed E-state index contributed by atoms with van der Waals surface area (Å²) in [6, 6.07) is 3.77. The molecule has 0 bridgehead atoms. The van der Waals surface area contributed by atoms with Gasteiger partial charge in [0.15, 0.2) is 4.90 Å². The SMILES string of the molecule is COc1ccc(S(=O)(=O)N(CC2CCOC2)C2CC2)c([N+](=O)[O-])c1. The van der Waals surface area contributed by atoms with E-state index in [9.17, 15) is 18.5 Å². The van der Waals surface area contributed by atoms with Gasteiger partial charge >= 0.3 is 0 Å². The molecule has 2 aliphatic rings. The second-order valence-electron chi connectivity index (χ2n) is 6.13. The number of nitrogens with zero attached hydrogens (tertiary/aromatic N) is 2. The van der Waals surface area contributed by atoms with Crippen LogP contribution < -0.4 is 4.74 Å². The molecule has 0 spiro atoms. The van der Waals surface area contributed by atoms with E-state index in [1.807, 2.05) is 0 Å². The Morgan fingerprint density at radius 2 is 2.12 bits per heavy atom. The molecule has 0 aromatic heterocycles. The first kappa shape index (κ1) is 17.1. The van der Waals surface area contributed by atoms with Gasteiger partial charge in [0.1, 0.15) is 5.75 Å². The van der Waals surface area contributed by atoms with E-state index in [0.717, 1.165) is 25.3 Å². The van der Waals surface area contributed by atoms with Crippen LogP contribution >= 0.6 is 0 Å². The third-order valence-corrected chi connectivity index (χ3v) is 6.33. The Bertz CT molecular complexity index is 725. The summed E-state index contributed by atoms with van der Waals surface area (Å²) >= 11 is 0. The van der Waals surface area contributed by atoms with E-state index in [1.54, 1.807) is 0 Å². The van der Waals surface area contributed by atoms with Crippen LogP contribution in [0.15, 0.2) is 23.1 Å². The summed E-state index contributed by atoms with van der Waals surface area (Å²) in [6.45, 7) is 1.51. The minimum atomic E-state index is -3.95. The van der Waals surface area contributed by atoms with Gasteiger partial charge in [-0.2, -0.15) is 4.31 Å². The fourth-order valence-corrected chi connectivity index (χ4v) is 4.80. The largest absolute Gasteiger partial charge is 0.497 e. The van der Waals surface area contributed by atoms with E-state index >= 15 is 0 Å². The second kappa shape index (κ2) is 6.66. The van der Waals surface area contributed by atoms with E-state index in [4.69, 9.17) is 9.47 Å². The summed E-state index contributed by atoms with van der Waals surface area (Å²) in [5.41, 5.74) is -0.456. The molecule has 1 atom stereocenters. The Hall–Kier alpha value is -1.71. The highest BCUT2D eigenvalue weighted by atomic mass is 32.2. The quantitative estimate of drug-likeness (QED) is 0.545. The van der Waals surface area contributed by atoms with Gasteiger partial charge in [0.05, 0.1) is 24.7 Å². The van der Waals surface area contributed by atoms with E-state index < -0.39 is 20.6 Å². The molecule has 3 rings (SSSR count). The van der Waals surface area contributed by atoms with Crippen molar-refractivity contribution >= 4 is 15.7 Å². The topological polar surface area (TPSA) is 99.0 Å². The lowest BCUT2D eigenvalue weighted by Crippen LogP contribution is -2.37. The van der Waals surface area contributed by atoms with Gasteiger partial charge in [-0.3, -0.25) is 10.1 Å². The maximum atomic E-state index is 13.1. The Morgan fingerprint density at radius 1 is 1.38 bits per heavy atom. The van der Waals surface area contributed by atoms with Crippen molar-refractivity contribution in [1.29, 1.82) is 0 Å². The number of ether oxygens (including phenoxy) is 2. The molecule has 1 aromatic rings. The normalized spacial score (nSPS) is 21.2. The van der Waals surface area contributed by atoms with Crippen molar-refractivity contribution in [1.82, 2.24) is 4.31 Å². The first-order chi connectivity index (χ1) is 11.4. The number of benzene rings is 1. The van der Waals surface area contributed by atoms with Gasteiger partial charge in [0.2, 0.25) is 10.0 Å². The zero-order valence-electron chi connectivity index (χ0n) is 13.4. The number of methoxy groups -OCH3 is 1. The molecular weight excluding hydrogens is 336 g/mol. The fraction of sp³-hybridized carbons (Fsp3) is 0.600. The molecule has 1 saturated heterocycles. The van der Waals surface area contributed by atoms with Crippen LogP contribution in [0, 0.1) is 16.0 Å². The lowest BCUT2D eigenvalue weighted by molar-refractivity contribution is -0.387. The third-order valence-electron chi connectivity index (χ3n) is 4.37. The highest BCUT2D eigenvalue weighted by Crippen LogP contribution is 2.37. The molecular formula is C15H20N2O6S. The Morgan fingerprint density at radius 3 is 2.67 bits per heavy atom. The summed E-state index contributed by atoms with van der Waals surface area (Å²) in [4.78, 5) is 10.4. The molecule has 8 nitrogen and oxygen atoms in total. The standard InChI is InChI=1S/C15H20N2O6S/c1-22-13-4-5-15(14(8-13)17(18)19)24(20,21)16(12-2-3-12)9-11-6-7-23-10-11/h4-5,8,11-12H,2-3,6-7,9-10H2,1H3. The average molecular weight is 356 g/mol. The molecule has 1 aliphatic heterocycles. The number of sulfonamides is 1. The van der Waals surface area contributed by atoms with Crippen LogP contribution in [-0.2, 0) is 14.8 Å². The number of rotatable bonds is 7. The maximum Gasteiger partial charge on any atom is 0.293 e. The van der Waals surface area contributed by atoms with Gasteiger partial charge in [0.25, 0.3) is 5.69 Å². The summed E-state index contributed by atoms with van der Waals surface area (Å²) < 4.78 is 37.8. The van der Waals surface area contributed by atoms with E-state index in [2.05, 4.69) is 0 Å². The lowest BCUT2D eigenvalue weighted by Gasteiger charge is -2.24. The molecule has 0 amide bonds. The van der Waals surface area contributed by atoms with Crippen molar-refractivity contribution < 1.29 is 22.8 Å². The molecule has 9 heteroatoms. The molecule has 1 aliphatic carbocycles. The zero-order chi connectivity index (χ0) is 17.3. The van der Waals surface area contributed by atoms with Crippen LogP contribution in [0.4, 0.5) is 5.69 Å². The van der Waals surface area contributed by atoms with Gasteiger partial charge in [-0.25, -0.2) is 8.42 Å². The molecule has 132 valence electrons. The van der Waals surface area contributed by atoms with Crippen LogP contribution in [0.1, 0.15) is 19.3 Å². The highest BCUT2D eigenvalue weighted by Gasteiger charge is 2.42. The van der Waals surface area contributed by atoms with Crippen molar-refractivity contribution in [2.75, 3.05) is 26.9 Å². The molecule has 1 aromatic carbocycles. The van der Waals surface area contributed by atoms with Crippen LogP contribution in [0.2, 0.25) is 0 Å². The molecule has 1 saturated carbocycles. The number of nitro benzene ring substituents is 1. The van der Waals surface area contributed by atoms with E-state index in [0.29, 0.717) is 19.8 Å². The predicted octanol–water partition coefficient (Wildman–Crippen LogP) is 1.79. The van der Waals surface area contributed by atoms with Crippen molar-refractivity contribution in [2.24, 2.45) is 5.92 Å². The number of hydrogen-bond donors (Lipinski definition) is 0. The van der Waals surface area contributed by atoms with Crippen LogP contribution in [0.3, 0.4) is 0 Å². The number of hydrogen-bond acceptors (Lipinski definition) is 6. The fourth-order valence-electron chi connectivity index (χ4n) is 2.90.